The molecule has 31 heavy (non-hydrogen) atoms. The quantitative estimate of drug-likeness (QED) is 0.277. The fourth-order valence-electron chi connectivity index (χ4n) is 5.24. The Balaban J connectivity index is 2.39. The van der Waals surface area contributed by atoms with Crippen LogP contribution in [0.2, 0.25) is 0 Å². The van der Waals surface area contributed by atoms with Gasteiger partial charge in [-0.2, -0.15) is 0 Å². The van der Waals surface area contributed by atoms with Gasteiger partial charge in [0, 0.05) is 48.7 Å². The lowest BCUT2D eigenvalue weighted by Gasteiger charge is -2.24. The Morgan fingerprint density at radius 2 is 1.26 bits per heavy atom. The summed E-state index contributed by atoms with van der Waals surface area (Å²) < 4.78 is 6.70. The van der Waals surface area contributed by atoms with Crippen LogP contribution in [0.5, 0.6) is 0 Å². The van der Waals surface area contributed by atoms with Crippen molar-refractivity contribution < 1.29 is 4.42 Å². The maximum Gasteiger partial charge on any atom is 0.158 e. The van der Waals surface area contributed by atoms with Crippen molar-refractivity contribution in [1.82, 2.24) is 4.98 Å². The van der Waals surface area contributed by atoms with Crippen molar-refractivity contribution in [2.75, 3.05) is 26.0 Å². The van der Waals surface area contributed by atoms with Gasteiger partial charge in [0.2, 0.25) is 0 Å². The van der Waals surface area contributed by atoms with E-state index in [0.29, 0.717) is 0 Å². The van der Waals surface area contributed by atoms with E-state index < -0.39 is 0 Å². The van der Waals surface area contributed by atoms with E-state index in [-0.39, 0.29) is 0 Å². The highest BCUT2D eigenvalue weighted by atomic mass is 16.3. The van der Waals surface area contributed by atoms with Gasteiger partial charge in [0.15, 0.2) is 11.3 Å². The average Bonchev–Trinajstić information content (AvgIpc) is 2.73. The molecule has 0 radical (unpaired) electrons. The zero-order valence-electron chi connectivity index (χ0n) is 20.7. The number of anilines is 1. The van der Waals surface area contributed by atoms with Gasteiger partial charge in [-0.3, -0.25) is 4.99 Å². The predicted molar refractivity (Wildman–Crippen MR) is 132 cm³/mol. The maximum atomic E-state index is 6.70. The Bertz CT molecular complexity index is 1440. The third-order valence-corrected chi connectivity index (χ3v) is 7.35. The molecule has 0 unspecified atom stereocenters. The summed E-state index contributed by atoms with van der Waals surface area (Å²) in [6.45, 7) is 17.4. The summed E-state index contributed by atoms with van der Waals surface area (Å²) >= 11 is 0. The lowest BCUT2D eigenvalue weighted by atomic mass is 9.87. The number of hydrogen-bond acceptors (Lipinski definition) is 4. The number of fused-ring (bicyclic) bond motifs is 4. The van der Waals surface area contributed by atoms with Crippen molar-refractivity contribution in [1.29, 1.82) is 0 Å². The Labute approximate surface area is 185 Å². The maximum absolute atomic E-state index is 6.70. The molecule has 0 aromatic heterocycles. The average molecular weight is 416 g/mol. The molecule has 4 nitrogen and oxygen atoms in total. The van der Waals surface area contributed by atoms with Gasteiger partial charge in [0.05, 0.1) is 5.36 Å². The van der Waals surface area contributed by atoms with E-state index >= 15 is 0 Å². The summed E-state index contributed by atoms with van der Waals surface area (Å²) in [7, 11) is 6.03. The Kier molecular flexibility index (Phi) is 4.88. The van der Waals surface area contributed by atoms with Gasteiger partial charge in [-0.1, -0.05) is 0 Å². The first kappa shape index (κ1) is 21.4. The monoisotopic (exact) mass is 415 g/mol. The third kappa shape index (κ3) is 2.73. The number of benzene rings is 3. The van der Waals surface area contributed by atoms with Crippen LogP contribution in [0.15, 0.2) is 9.41 Å². The minimum atomic E-state index is 0.836. The molecule has 4 rings (SSSR count). The molecule has 0 fully saturated rings. The molecule has 0 bridgehead atoms. The van der Waals surface area contributed by atoms with Crippen LogP contribution >= 0.6 is 0 Å². The number of aryl methyl sites for hydroxylation is 4. The smallest absolute Gasteiger partial charge is 0.158 e. The van der Waals surface area contributed by atoms with E-state index in [1.807, 2.05) is 7.05 Å². The summed E-state index contributed by atoms with van der Waals surface area (Å²) in [4.78, 5) is 12.2. The van der Waals surface area contributed by atoms with Crippen LogP contribution < -0.4 is 10.3 Å². The van der Waals surface area contributed by atoms with Crippen molar-refractivity contribution in [3.63, 3.8) is 0 Å². The van der Waals surface area contributed by atoms with E-state index in [2.05, 4.69) is 74.4 Å². The number of nitrogens with zero attached hydrogens (tertiary/aromatic N) is 3. The summed E-state index contributed by atoms with van der Waals surface area (Å²) in [5.74, 6) is 0.836. The highest BCUT2D eigenvalue weighted by Gasteiger charge is 2.25. The van der Waals surface area contributed by atoms with E-state index in [4.69, 9.17) is 14.4 Å². The highest BCUT2D eigenvalue weighted by molar-refractivity contribution is 6.03. The van der Waals surface area contributed by atoms with Crippen LogP contribution in [-0.4, -0.2) is 26.1 Å². The molecule has 0 atom stereocenters. The van der Waals surface area contributed by atoms with Gasteiger partial charge in [0.1, 0.15) is 11.2 Å². The molecule has 0 saturated heterocycles. The van der Waals surface area contributed by atoms with Crippen LogP contribution in [0.25, 0.3) is 33.3 Å². The molecule has 4 heteroatoms. The van der Waals surface area contributed by atoms with Gasteiger partial charge in [0.25, 0.3) is 0 Å². The minimum absolute atomic E-state index is 0.836. The molecule has 0 N–H and O–H groups in total. The van der Waals surface area contributed by atoms with E-state index in [9.17, 15) is 0 Å². The molecule has 2 aromatic rings. The predicted octanol–water partition coefficient (Wildman–Crippen LogP) is 6.15. The lowest BCUT2D eigenvalue weighted by Crippen LogP contribution is -2.16. The molecule has 1 aliphatic carbocycles. The SMILES string of the molecule is CN=c1c(C)c2oc3c(C)c(N(C)C)c(C)c(C)c3nc-2c2c(C)c(C)c(C)c(C)c12. The topological polar surface area (TPSA) is 41.6 Å². The first-order valence-electron chi connectivity index (χ1n) is 10.9. The van der Waals surface area contributed by atoms with Gasteiger partial charge in [-0.25, -0.2) is 4.98 Å². The van der Waals surface area contributed by atoms with Gasteiger partial charge < -0.3 is 9.32 Å². The largest absolute Gasteiger partial charge is 0.452 e. The molecular formula is C27H33N3O. The molecule has 162 valence electrons. The second kappa shape index (κ2) is 7.08. The standard InChI is InChI=1S/C27H33N3O/c1-12-13(2)15(4)21-20(14(12)3)22(28-9)18(7)26-24(21)29-23-16(5)17(6)25(30(10)11)19(8)27(23)31-26/h1-11H3. The first-order chi connectivity index (χ1) is 14.5. The normalized spacial score (nSPS) is 12.5. The Hall–Kier alpha value is -2.88. The van der Waals surface area contributed by atoms with Crippen molar-refractivity contribution >= 4 is 27.6 Å². The number of rotatable bonds is 1. The molecular weight excluding hydrogens is 382 g/mol. The first-order valence-corrected chi connectivity index (χ1v) is 10.9. The molecule has 0 amide bonds. The van der Waals surface area contributed by atoms with Crippen LogP contribution in [-0.2, 0) is 0 Å². The van der Waals surface area contributed by atoms with Crippen LogP contribution in [0, 0.1) is 55.4 Å². The Morgan fingerprint density at radius 1 is 0.677 bits per heavy atom. The van der Waals surface area contributed by atoms with E-state index in [1.165, 1.54) is 49.8 Å². The second-order valence-corrected chi connectivity index (χ2v) is 9.13. The molecule has 2 aromatic carbocycles. The van der Waals surface area contributed by atoms with Gasteiger partial charge in [-0.05, 0) is 88.8 Å². The zero-order chi connectivity index (χ0) is 22.9. The van der Waals surface area contributed by atoms with E-state index in [0.717, 1.165) is 39.0 Å². The van der Waals surface area contributed by atoms with Crippen LogP contribution in [0.1, 0.15) is 44.5 Å². The van der Waals surface area contributed by atoms with Crippen molar-refractivity contribution in [3.8, 4) is 11.5 Å². The summed E-state index contributed by atoms with van der Waals surface area (Å²) in [5, 5.41) is 3.37. The molecule has 1 heterocycles. The summed E-state index contributed by atoms with van der Waals surface area (Å²) in [5.41, 5.74) is 13.7. The van der Waals surface area contributed by atoms with Crippen LogP contribution in [0.4, 0.5) is 5.69 Å². The van der Waals surface area contributed by atoms with E-state index in [1.54, 1.807) is 0 Å². The minimum Gasteiger partial charge on any atom is -0.452 e. The second-order valence-electron chi connectivity index (χ2n) is 9.13. The number of hydrogen-bond donors (Lipinski definition) is 0. The molecule has 0 saturated carbocycles. The third-order valence-electron chi connectivity index (χ3n) is 7.35. The zero-order valence-corrected chi connectivity index (χ0v) is 20.7. The molecule has 1 aliphatic heterocycles. The molecule has 0 spiro atoms. The Morgan fingerprint density at radius 3 is 1.81 bits per heavy atom. The van der Waals surface area contributed by atoms with Gasteiger partial charge >= 0.3 is 0 Å². The fourth-order valence-corrected chi connectivity index (χ4v) is 5.24. The van der Waals surface area contributed by atoms with Crippen molar-refractivity contribution in [2.45, 2.75) is 55.4 Å². The number of aromatic nitrogens is 1. The highest BCUT2D eigenvalue weighted by Crippen LogP contribution is 2.41. The fraction of sp³-hybridized carbons (Fsp3) is 0.407. The summed E-state index contributed by atoms with van der Waals surface area (Å²) in [6.07, 6.45) is 0. The summed E-state index contributed by atoms with van der Waals surface area (Å²) in [6, 6.07) is 0. The van der Waals surface area contributed by atoms with Crippen LogP contribution in [0.3, 0.4) is 0 Å². The van der Waals surface area contributed by atoms with Gasteiger partial charge in [-0.15, -0.1) is 0 Å². The van der Waals surface area contributed by atoms with Crippen molar-refractivity contribution in [3.05, 3.63) is 49.9 Å². The molecule has 2 aliphatic rings. The lowest BCUT2D eigenvalue weighted by molar-refractivity contribution is 0.605. The van der Waals surface area contributed by atoms with Crippen molar-refractivity contribution in [2.24, 2.45) is 4.99 Å².